The van der Waals surface area contributed by atoms with Crippen molar-refractivity contribution in [3.05, 3.63) is 87.2 Å². The minimum atomic E-state index is -0.496. The summed E-state index contributed by atoms with van der Waals surface area (Å²) in [5.41, 5.74) is 3.22. The topological polar surface area (TPSA) is 90.1 Å². The molecule has 132 valence electrons. The van der Waals surface area contributed by atoms with Crippen molar-refractivity contribution in [2.24, 2.45) is 0 Å². The van der Waals surface area contributed by atoms with E-state index in [1.165, 1.54) is 18.2 Å². The van der Waals surface area contributed by atoms with Crippen LogP contribution in [0, 0.1) is 24.0 Å². The van der Waals surface area contributed by atoms with Crippen LogP contribution in [0.3, 0.4) is 0 Å². The molecule has 1 heterocycles. The van der Waals surface area contributed by atoms with E-state index in [0.29, 0.717) is 23.5 Å². The quantitative estimate of drug-likeness (QED) is 0.561. The van der Waals surface area contributed by atoms with Crippen LogP contribution in [0.25, 0.3) is 0 Å². The second-order valence-corrected chi connectivity index (χ2v) is 5.95. The van der Waals surface area contributed by atoms with Crippen molar-refractivity contribution in [1.29, 1.82) is 0 Å². The number of non-ortho nitro benzene ring substituents is 1. The van der Waals surface area contributed by atoms with Gasteiger partial charge < -0.3 is 5.32 Å². The Morgan fingerprint density at radius 1 is 1.15 bits per heavy atom. The molecule has 1 amide bonds. The minimum absolute atomic E-state index is 0.0731. The molecule has 1 N–H and O–H groups in total. The molecule has 2 aromatic carbocycles. The Kier molecular flexibility index (Phi) is 4.79. The fraction of sp³-hybridized carbons (Fsp3) is 0.158. The molecule has 0 spiro atoms. The van der Waals surface area contributed by atoms with E-state index >= 15 is 0 Å². The molecule has 7 heteroatoms. The number of benzene rings is 2. The van der Waals surface area contributed by atoms with Crippen molar-refractivity contribution in [3.63, 3.8) is 0 Å². The molecule has 26 heavy (non-hydrogen) atoms. The highest BCUT2D eigenvalue weighted by Gasteiger charge is 2.19. The summed E-state index contributed by atoms with van der Waals surface area (Å²) in [6.45, 7) is 4.18. The fourth-order valence-corrected chi connectivity index (χ4v) is 2.83. The van der Waals surface area contributed by atoms with Crippen molar-refractivity contribution >= 4 is 17.3 Å². The van der Waals surface area contributed by atoms with Crippen molar-refractivity contribution < 1.29 is 9.72 Å². The maximum atomic E-state index is 12.7. The number of aromatic nitrogens is 2. The van der Waals surface area contributed by atoms with Crippen molar-refractivity contribution in [3.8, 4) is 0 Å². The van der Waals surface area contributed by atoms with Crippen LogP contribution in [0.4, 0.5) is 11.4 Å². The Bertz CT molecular complexity index is 964. The van der Waals surface area contributed by atoms with Gasteiger partial charge in [-0.15, -0.1) is 0 Å². The highest BCUT2D eigenvalue weighted by Crippen LogP contribution is 2.20. The maximum absolute atomic E-state index is 12.7. The van der Waals surface area contributed by atoms with E-state index < -0.39 is 4.92 Å². The van der Waals surface area contributed by atoms with Crippen molar-refractivity contribution in [1.82, 2.24) is 9.78 Å². The van der Waals surface area contributed by atoms with E-state index in [9.17, 15) is 14.9 Å². The summed E-state index contributed by atoms with van der Waals surface area (Å²) < 4.78 is 1.78. The number of nitro groups is 1. The number of carbonyl (C=O) groups excluding carboxylic acids is 1. The van der Waals surface area contributed by atoms with Crippen LogP contribution in [0.5, 0.6) is 0 Å². The molecule has 0 atom stereocenters. The maximum Gasteiger partial charge on any atom is 0.271 e. The number of hydrogen-bond donors (Lipinski definition) is 1. The largest absolute Gasteiger partial charge is 0.322 e. The zero-order valence-corrected chi connectivity index (χ0v) is 14.5. The third kappa shape index (κ3) is 3.61. The third-order valence-electron chi connectivity index (χ3n) is 4.10. The van der Waals surface area contributed by atoms with Crippen LogP contribution in [0.1, 0.15) is 27.3 Å². The molecule has 7 nitrogen and oxygen atoms in total. The van der Waals surface area contributed by atoms with Crippen molar-refractivity contribution in [2.75, 3.05) is 5.32 Å². The molecule has 0 saturated heterocycles. The third-order valence-corrected chi connectivity index (χ3v) is 4.10. The van der Waals surface area contributed by atoms with Crippen LogP contribution >= 0.6 is 0 Å². The fourth-order valence-electron chi connectivity index (χ4n) is 2.83. The standard InChI is InChI=1S/C19H18N4O3/c1-13-18(14(2)22(21-13)12-15-7-4-3-5-8-15)19(24)20-16-9-6-10-17(11-16)23(25)26/h3-11H,12H2,1-2H3,(H,20,24). The first-order valence-corrected chi connectivity index (χ1v) is 8.09. The number of anilines is 1. The molecule has 0 radical (unpaired) electrons. The molecule has 0 bridgehead atoms. The van der Waals surface area contributed by atoms with Crippen LogP contribution < -0.4 is 5.32 Å². The van der Waals surface area contributed by atoms with Gasteiger partial charge in [0.1, 0.15) is 0 Å². The number of nitrogens with one attached hydrogen (secondary N) is 1. The Morgan fingerprint density at radius 3 is 2.58 bits per heavy atom. The lowest BCUT2D eigenvalue weighted by Crippen LogP contribution is -2.14. The molecule has 1 aromatic heterocycles. The molecular formula is C19H18N4O3. The summed E-state index contributed by atoms with van der Waals surface area (Å²) >= 11 is 0. The van der Waals surface area contributed by atoms with Crippen LogP contribution in [0.2, 0.25) is 0 Å². The van der Waals surface area contributed by atoms with Gasteiger partial charge in [-0.05, 0) is 25.5 Å². The van der Waals surface area contributed by atoms with Gasteiger partial charge in [0.25, 0.3) is 11.6 Å². The van der Waals surface area contributed by atoms with Crippen LogP contribution in [-0.2, 0) is 6.54 Å². The van der Waals surface area contributed by atoms with Gasteiger partial charge in [0, 0.05) is 23.5 Å². The van der Waals surface area contributed by atoms with Gasteiger partial charge in [-0.2, -0.15) is 5.10 Å². The molecule has 0 fully saturated rings. The van der Waals surface area contributed by atoms with Gasteiger partial charge in [-0.25, -0.2) is 0 Å². The Hall–Kier alpha value is -3.48. The van der Waals surface area contributed by atoms with Gasteiger partial charge in [0.05, 0.1) is 22.7 Å². The van der Waals surface area contributed by atoms with Gasteiger partial charge >= 0.3 is 0 Å². The zero-order valence-electron chi connectivity index (χ0n) is 14.5. The van der Waals surface area contributed by atoms with Gasteiger partial charge in [0.2, 0.25) is 0 Å². The first kappa shape index (κ1) is 17.3. The van der Waals surface area contributed by atoms with E-state index in [-0.39, 0.29) is 11.6 Å². The summed E-state index contributed by atoms with van der Waals surface area (Å²) in [4.78, 5) is 23.0. The Balaban J connectivity index is 1.84. The molecule has 0 aliphatic rings. The average Bonchev–Trinajstić information content (AvgIpc) is 2.89. The molecule has 0 saturated carbocycles. The van der Waals surface area contributed by atoms with E-state index in [0.717, 1.165) is 11.3 Å². The first-order valence-electron chi connectivity index (χ1n) is 8.09. The Labute approximate surface area is 150 Å². The second kappa shape index (κ2) is 7.18. The van der Waals surface area contributed by atoms with Gasteiger partial charge in [0.15, 0.2) is 0 Å². The molecule has 0 aliphatic carbocycles. The van der Waals surface area contributed by atoms with E-state index in [1.807, 2.05) is 37.3 Å². The highest BCUT2D eigenvalue weighted by atomic mass is 16.6. The number of nitrogens with zero attached hydrogens (tertiary/aromatic N) is 3. The second-order valence-electron chi connectivity index (χ2n) is 5.95. The smallest absolute Gasteiger partial charge is 0.271 e. The van der Waals surface area contributed by atoms with Gasteiger partial charge in [-0.3, -0.25) is 19.6 Å². The summed E-state index contributed by atoms with van der Waals surface area (Å²) in [6.07, 6.45) is 0. The zero-order chi connectivity index (χ0) is 18.7. The number of carbonyl (C=O) groups is 1. The lowest BCUT2D eigenvalue weighted by Gasteiger charge is -2.07. The lowest BCUT2D eigenvalue weighted by molar-refractivity contribution is -0.384. The Morgan fingerprint density at radius 2 is 1.88 bits per heavy atom. The van der Waals surface area contributed by atoms with Crippen LogP contribution in [0.15, 0.2) is 54.6 Å². The SMILES string of the molecule is Cc1nn(Cc2ccccc2)c(C)c1C(=O)Nc1cccc([N+](=O)[O-])c1. The average molecular weight is 350 g/mol. The number of hydrogen-bond acceptors (Lipinski definition) is 4. The minimum Gasteiger partial charge on any atom is -0.322 e. The predicted octanol–water partition coefficient (Wildman–Crippen LogP) is 3.71. The number of nitro benzene ring substituents is 1. The predicted molar refractivity (Wildman–Crippen MR) is 98.3 cm³/mol. The molecule has 3 rings (SSSR count). The number of aryl methyl sites for hydroxylation is 1. The van der Waals surface area contributed by atoms with Crippen molar-refractivity contribution in [2.45, 2.75) is 20.4 Å². The summed E-state index contributed by atoms with van der Waals surface area (Å²) in [6, 6.07) is 15.7. The molecule has 0 unspecified atom stereocenters. The summed E-state index contributed by atoms with van der Waals surface area (Å²) in [5, 5.41) is 18.1. The lowest BCUT2D eigenvalue weighted by atomic mass is 10.1. The molecule has 0 aliphatic heterocycles. The molecular weight excluding hydrogens is 332 g/mol. The first-order chi connectivity index (χ1) is 12.5. The summed E-state index contributed by atoms with van der Waals surface area (Å²) in [7, 11) is 0. The van der Waals surface area contributed by atoms with Crippen LogP contribution in [-0.4, -0.2) is 20.6 Å². The molecule has 3 aromatic rings. The van der Waals surface area contributed by atoms with Gasteiger partial charge in [-0.1, -0.05) is 36.4 Å². The monoisotopic (exact) mass is 350 g/mol. The number of amides is 1. The van der Waals surface area contributed by atoms with E-state index in [1.54, 1.807) is 17.7 Å². The highest BCUT2D eigenvalue weighted by molar-refractivity contribution is 6.06. The normalized spacial score (nSPS) is 10.5. The van der Waals surface area contributed by atoms with E-state index in [2.05, 4.69) is 10.4 Å². The van der Waals surface area contributed by atoms with E-state index in [4.69, 9.17) is 0 Å². The number of rotatable bonds is 5. The summed E-state index contributed by atoms with van der Waals surface area (Å²) in [5.74, 6) is -0.334.